The number of fused-ring (bicyclic) bond motifs is 3. The van der Waals surface area contributed by atoms with Crippen molar-refractivity contribution in [1.29, 1.82) is 0 Å². The Bertz CT molecular complexity index is 4720. The molecule has 0 saturated carbocycles. The third-order valence-electron chi connectivity index (χ3n) is 17.4. The van der Waals surface area contributed by atoms with Crippen LogP contribution in [0.3, 0.4) is 0 Å². The largest absolute Gasteiger partial charge is 0.310 e. The van der Waals surface area contributed by atoms with Crippen molar-refractivity contribution in [3.05, 3.63) is 303 Å². The van der Waals surface area contributed by atoms with Crippen LogP contribution in [0, 0.1) is 0 Å². The van der Waals surface area contributed by atoms with Gasteiger partial charge in [-0.15, -0.1) is 0 Å². The van der Waals surface area contributed by atoms with Gasteiger partial charge in [0.25, 0.3) is 0 Å². The van der Waals surface area contributed by atoms with Crippen LogP contribution in [0.25, 0.3) is 87.7 Å². The number of benzene rings is 14. The molecule has 0 spiro atoms. The van der Waals surface area contributed by atoms with Gasteiger partial charge < -0.3 is 18.9 Å². The quantitative estimate of drug-likeness (QED) is 0.100. The van der Waals surface area contributed by atoms with Crippen LogP contribution in [0.4, 0.5) is 34.1 Å². The topological polar surface area (TPSA) is 16.3 Å². The summed E-state index contributed by atoms with van der Waals surface area (Å²) in [5, 5.41) is 15.5. The van der Waals surface area contributed by atoms with Crippen LogP contribution < -0.4 is 30.5 Å². The van der Waals surface area contributed by atoms with Crippen LogP contribution >= 0.6 is 0 Å². The maximum Gasteiger partial charge on any atom is 0.181 e. The highest BCUT2D eigenvalue weighted by molar-refractivity contribution is 7.22. The summed E-state index contributed by atoms with van der Waals surface area (Å²) in [5.74, 6) is 0. The van der Waals surface area contributed by atoms with Crippen molar-refractivity contribution in [3.63, 3.8) is 0 Å². The molecule has 3 heterocycles. The summed E-state index contributed by atoms with van der Waals surface area (Å²) in [6, 6.07) is 113. The van der Waals surface area contributed by atoms with Gasteiger partial charge in [0, 0.05) is 66.4 Å². The number of hydrogen-bond acceptors (Lipinski definition) is 2. The molecule has 0 radical (unpaired) electrons. The van der Waals surface area contributed by atoms with Gasteiger partial charge in [-0.25, -0.2) is 0 Å². The minimum absolute atomic E-state index is 1.11. The van der Waals surface area contributed by atoms with Gasteiger partial charge in [0.15, 0.2) is 8.07 Å². The van der Waals surface area contributed by atoms with E-state index < -0.39 is 8.07 Å². The van der Waals surface area contributed by atoms with E-state index in [0.717, 1.165) is 45.5 Å². The molecule has 0 amide bonds. The highest BCUT2D eigenvalue weighted by atomic mass is 28.3. The molecule has 5 heteroatoms. The summed E-state index contributed by atoms with van der Waals surface area (Å²) in [5.41, 5.74) is 16.5. The highest BCUT2D eigenvalue weighted by Gasteiger charge is 2.49. The Morgan fingerprint density at radius 1 is 0.259 bits per heavy atom. The Morgan fingerprint density at radius 2 is 0.630 bits per heavy atom. The van der Waals surface area contributed by atoms with Crippen LogP contribution in [-0.4, -0.2) is 17.2 Å². The molecular weight excluding hydrogens is 997 g/mol. The lowest BCUT2D eigenvalue weighted by Gasteiger charge is -2.34. The van der Waals surface area contributed by atoms with Crippen molar-refractivity contribution in [3.8, 4) is 22.5 Å². The molecule has 1 aliphatic rings. The van der Waals surface area contributed by atoms with Gasteiger partial charge in [0.05, 0.1) is 33.4 Å². The SMILES string of the molecule is c1ccc(N(c2ccc3c(c2)[Si](c2ccccc2)(c2ccccc2)c2cc(N(c4ccccc4)c4ccc5c6c4ccc4cccc(c46)n5-c4ccccc4)ccc2-3)c2ccc3c4c2ccc2cccc(c24)n3-c2ccccc2)cc1. The third-order valence-corrected chi connectivity index (χ3v) is 22.3. The van der Waals surface area contributed by atoms with Gasteiger partial charge in [-0.2, -0.15) is 0 Å². The number of para-hydroxylation sites is 4. The maximum absolute atomic E-state index is 3.13. The zero-order valence-corrected chi connectivity index (χ0v) is 45.2. The van der Waals surface area contributed by atoms with Crippen molar-refractivity contribution in [2.75, 3.05) is 9.80 Å². The molecule has 0 aliphatic carbocycles. The molecule has 17 rings (SSSR count). The van der Waals surface area contributed by atoms with E-state index in [-0.39, 0.29) is 0 Å². The molecular formula is C76H50N4Si. The Labute approximate surface area is 470 Å². The van der Waals surface area contributed by atoms with Gasteiger partial charge in [-0.3, -0.25) is 0 Å². The van der Waals surface area contributed by atoms with E-state index in [1.165, 1.54) is 97.0 Å². The molecule has 2 aromatic heterocycles. The molecule has 0 unspecified atom stereocenters. The van der Waals surface area contributed by atoms with E-state index in [4.69, 9.17) is 0 Å². The average molecular weight is 1050 g/mol. The summed E-state index contributed by atoms with van der Waals surface area (Å²) in [6.45, 7) is 0. The summed E-state index contributed by atoms with van der Waals surface area (Å²) in [4.78, 5) is 5.02. The van der Waals surface area contributed by atoms with Crippen molar-refractivity contribution < 1.29 is 0 Å². The standard InChI is InChI=1S/C76H50N4Si/c1-7-23-53(24-8-1)77(65-45-47-69-75-63(65)41-37-51-21-19-35-67(73(51)75)79(69)55-27-11-3-12-28-55)57-39-43-61-62-44-40-58(50-72(62)81(71(61)49-57,59-31-15-5-16-32-59)60-33-17-6-18-34-60)78(54-25-9-2-10-26-54)66-46-48-70-76-64(66)42-38-52-22-20-36-68(74(52)76)80(70)56-29-13-4-14-30-56/h1-50H. The highest BCUT2D eigenvalue weighted by Crippen LogP contribution is 2.49. The summed E-state index contributed by atoms with van der Waals surface area (Å²) < 4.78 is 4.87. The van der Waals surface area contributed by atoms with Crippen molar-refractivity contribution in [2.45, 2.75) is 0 Å². The van der Waals surface area contributed by atoms with Gasteiger partial charge in [0.2, 0.25) is 0 Å². The fourth-order valence-corrected chi connectivity index (χ4v) is 19.4. The third kappa shape index (κ3) is 6.58. The van der Waals surface area contributed by atoms with Gasteiger partial charge >= 0.3 is 0 Å². The van der Waals surface area contributed by atoms with Crippen LogP contribution in [-0.2, 0) is 0 Å². The molecule has 0 atom stereocenters. The second kappa shape index (κ2) is 17.8. The second-order valence-electron chi connectivity index (χ2n) is 21.6. The lowest BCUT2D eigenvalue weighted by atomic mass is 9.99. The van der Waals surface area contributed by atoms with Crippen LogP contribution in [0.15, 0.2) is 303 Å². The Balaban J connectivity index is 0.904. The van der Waals surface area contributed by atoms with E-state index in [1.807, 2.05) is 0 Å². The lowest BCUT2D eigenvalue weighted by molar-refractivity contribution is 1.18. The van der Waals surface area contributed by atoms with Crippen molar-refractivity contribution >= 4 is 128 Å². The second-order valence-corrected chi connectivity index (χ2v) is 25.3. The van der Waals surface area contributed by atoms with Crippen molar-refractivity contribution in [2.24, 2.45) is 0 Å². The Kier molecular flexibility index (Phi) is 10.00. The normalized spacial score (nSPS) is 12.8. The van der Waals surface area contributed by atoms with Crippen LogP contribution in [0.2, 0.25) is 0 Å². The first-order valence-electron chi connectivity index (χ1n) is 28.0. The van der Waals surface area contributed by atoms with Crippen molar-refractivity contribution in [1.82, 2.24) is 9.13 Å². The van der Waals surface area contributed by atoms with E-state index in [0.29, 0.717) is 0 Å². The number of aromatic nitrogens is 2. The number of nitrogens with zero attached hydrogens (tertiary/aromatic N) is 4. The fraction of sp³-hybridized carbons (Fsp3) is 0. The predicted octanol–water partition coefficient (Wildman–Crippen LogP) is 17.4. The number of rotatable bonds is 10. The minimum Gasteiger partial charge on any atom is -0.310 e. The zero-order valence-electron chi connectivity index (χ0n) is 44.2. The first-order valence-corrected chi connectivity index (χ1v) is 30.0. The monoisotopic (exact) mass is 1050 g/mol. The molecule has 0 fully saturated rings. The molecule has 1 aliphatic heterocycles. The first kappa shape index (κ1) is 45.5. The van der Waals surface area contributed by atoms with E-state index in [1.54, 1.807) is 0 Å². The molecule has 378 valence electrons. The van der Waals surface area contributed by atoms with Crippen LogP contribution in [0.5, 0.6) is 0 Å². The van der Waals surface area contributed by atoms with E-state index in [9.17, 15) is 0 Å². The molecule has 0 N–H and O–H groups in total. The summed E-state index contributed by atoms with van der Waals surface area (Å²) >= 11 is 0. The smallest absolute Gasteiger partial charge is 0.181 e. The van der Waals surface area contributed by atoms with Gasteiger partial charge in [-0.1, -0.05) is 194 Å². The van der Waals surface area contributed by atoms with Gasteiger partial charge in [0.1, 0.15) is 0 Å². The lowest BCUT2D eigenvalue weighted by Crippen LogP contribution is -2.72. The maximum atomic E-state index is 2.56. The Hall–Kier alpha value is -10.5. The number of hydrogen-bond donors (Lipinski definition) is 0. The Morgan fingerprint density at radius 3 is 1.04 bits per heavy atom. The zero-order chi connectivity index (χ0) is 53.2. The molecule has 0 bridgehead atoms. The minimum atomic E-state index is -3.13. The van der Waals surface area contributed by atoms with Crippen LogP contribution in [0.1, 0.15) is 0 Å². The molecule has 81 heavy (non-hydrogen) atoms. The summed E-state index contributed by atoms with van der Waals surface area (Å²) in [6.07, 6.45) is 0. The molecule has 14 aromatic carbocycles. The predicted molar refractivity (Wildman–Crippen MR) is 344 cm³/mol. The average Bonchev–Trinajstić information content (AvgIpc) is 4.22. The van der Waals surface area contributed by atoms with E-state index in [2.05, 4.69) is 322 Å². The molecule has 4 nitrogen and oxygen atoms in total. The van der Waals surface area contributed by atoms with Gasteiger partial charge in [-0.05, 0) is 152 Å². The number of anilines is 6. The summed E-state index contributed by atoms with van der Waals surface area (Å²) in [7, 11) is -3.13. The first-order chi connectivity index (χ1) is 40.2. The fourth-order valence-electron chi connectivity index (χ4n) is 14.2. The molecule has 16 aromatic rings. The molecule has 0 saturated heterocycles. The van der Waals surface area contributed by atoms with E-state index >= 15 is 0 Å².